The highest BCUT2D eigenvalue weighted by Gasteiger charge is 2.49. The van der Waals surface area contributed by atoms with Crippen LogP contribution in [-0.4, -0.2) is 53.6 Å². The lowest BCUT2D eigenvalue weighted by Gasteiger charge is -2.51. The molecule has 0 aromatic rings. The van der Waals surface area contributed by atoms with Crippen molar-refractivity contribution in [2.45, 2.75) is 45.4 Å². The third kappa shape index (κ3) is 3.81. The van der Waals surface area contributed by atoms with E-state index in [1.54, 1.807) is 0 Å². The first-order valence-electron chi connectivity index (χ1n) is 6.35. The molecule has 2 amide bonds. The van der Waals surface area contributed by atoms with Crippen molar-refractivity contribution in [3.63, 3.8) is 0 Å². The SMILES string of the molecule is CCOC1CC(NC(=O)NCC(O)C(=O)O)C1(C)C. The van der Waals surface area contributed by atoms with Crippen LogP contribution in [0, 0.1) is 5.41 Å². The lowest BCUT2D eigenvalue weighted by Crippen LogP contribution is -2.63. The van der Waals surface area contributed by atoms with E-state index in [1.165, 1.54) is 0 Å². The number of amides is 2. The van der Waals surface area contributed by atoms with Crippen LogP contribution in [0.25, 0.3) is 0 Å². The van der Waals surface area contributed by atoms with Gasteiger partial charge in [0.25, 0.3) is 0 Å². The zero-order valence-corrected chi connectivity index (χ0v) is 11.5. The molecule has 19 heavy (non-hydrogen) atoms. The average molecular weight is 274 g/mol. The first-order valence-corrected chi connectivity index (χ1v) is 6.35. The molecule has 1 aliphatic carbocycles. The van der Waals surface area contributed by atoms with Gasteiger partial charge >= 0.3 is 12.0 Å². The number of aliphatic carboxylic acids is 1. The zero-order valence-electron chi connectivity index (χ0n) is 11.5. The highest BCUT2D eigenvalue weighted by atomic mass is 16.5. The van der Waals surface area contributed by atoms with E-state index in [1.807, 2.05) is 20.8 Å². The summed E-state index contributed by atoms with van der Waals surface area (Å²) in [4.78, 5) is 21.9. The van der Waals surface area contributed by atoms with Gasteiger partial charge in [-0.15, -0.1) is 0 Å². The minimum atomic E-state index is -1.59. The van der Waals surface area contributed by atoms with Gasteiger partial charge in [-0.1, -0.05) is 13.8 Å². The molecule has 0 spiro atoms. The Bertz CT molecular complexity index is 345. The molecule has 0 aromatic carbocycles. The number of hydrogen-bond acceptors (Lipinski definition) is 4. The molecule has 7 nitrogen and oxygen atoms in total. The van der Waals surface area contributed by atoms with Crippen LogP contribution < -0.4 is 10.6 Å². The molecule has 0 aromatic heterocycles. The molecule has 0 aliphatic heterocycles. The monoisotopic (exact) mass is 274 g/mol. The van der Waals surface area contributed by atoms with E-state index in [0.717, 1.165) is 6.42 Å². The Kier molecular flexibility index (Phi) is 5.13. The van der Waals surface area contributed by atoms with Crippen LogP contribution in [-0.2, 0) is 9.53 Å². The average Bonchev–Trinajstić information content (AvgIpc) is 2.34. The molecule has 3 atom stereocenters. The van der Waals surface area contributed by atoms with Crippen LogP contribution in [0.4, 0.5) is 4.79 Å². The Labute approximate surface area is 112 Å². The number of aliphatic hydroxyl groups is 1. The van der Waals surface area contributed by atoms with Crippen LogP contribution in [0.15, 0.2) is 0 Å². The molecule has 0 saturated heterocycles. The smallest absolute Gasteiger partial charge is 0.334 e. The maximum absolute atomic E-state index is 11.6. The maximum atomic E-state index is 11.6. The minimum Gasteiger partial charge on any atom is -0.479 e. The number of carbonyl (C=O) groups is 2. The van der Waals surface area contributed by atoms with Crippen molar-refractivity contribution >= 4 is 12.0 Å². The van der Waals surface area contributed by atoms with Crippen molar-refractivity contribution in [3.05, 3.63) is 0 Å². The summed E-state index contributed by atoms with van der Waals surface area (Å²) in [5.41, 5.74) is -0.154. The number of carboxylic acids is 1. The number of urea groups is 1. The number of ether oxygens (including phenoxy) is 1. The van der Waals surface area contributed by atoms with E-state index in [4.69, 9.17) is 14.9 Å². The van der Waals surface area contributed by atoms with E-state index in [-0.39, 0.29) is 24.1 Å². The molecule has 4 N–H and O–H groups in total. The first kappa shape index (κ1) is 15.7. The van der Waals surface area contributed by atoms with Gasteiger partial charge in [-0.05, 0) is 13.3 Å². The fraction of sp³-hybridized carbons (Fsp3) is 0.833. The van der Waals surface area contributed by atoms with Gasteiger partial charge < -0.3 is 25.6 Å². The molecule has 1 aliphatic rings. The van der Waals surface area contributed by atoms with E-state index >= 15 is 0 Å². The second kappa shape index (κ2) is 6.21. The molecular formula is C12H22N2O5. The number of carbonyl (C=O) groups excluding carboxylic acids is 1. The summed E-state index contributed by atoms with van der Waals surface area (Å²) < 4.78 is 5.55. The van der Waals surface area contributed by atoms with Gasteiger partial charge in [-0.3, -0.25) is 0 Å². The van der Waals surface area contributed by atoms with E-state index in [0.29, 0.717) is 6.61 Å². The molecule has 1 rings (SSSR count). The van der Waals surface area contributed by atoms with Gasteiger partial charge in [0.05, 0.1) is 12.6 Å². The maximum Gasteiger partial charge on any atom is 0.334 e. The number of carboxylic acid groups (broad SMARTS) is 1. The normalized spacial score (nSPS) is 26.1. The minimum absolute atomic E-state index is 0.0222. The summed E-state index contributed by atoms with van der Waals surface area (Å²) in [6, 6.07) is -0.501. The highest BCUT2D eigenvalue weighted by Crippen LogP contribution is 2.42. The quantitative estimate of drug-likeness (QED) is 0.542. The second-order valence-corrected chi connectivity index (χ2v) is 5.26. The Hall–Kier alpha value is -1.34. The highest BCUT2D eigenvalue weighted by molar-refractivity contribution is 5.77. The third-order valence-corrected chi connectivity index (χ3v) is 3.59. The molecule has 1 fully saturated rings. The van der Waals surface area contributed by atoms with E-state index in [9.17, 15) is 9.59 Å². The standard InChI is InChI=1S/C12H22N2O5/c1-4-19-9-5-8(12(9,2)3)14-11(18)13-6-7(15)10(16)17/h7-9,15H,4-6H2,1-3H3,(H,16,17)(H2,13,14,18). The Morgan fingerprint density at radius 3 is 2.58 bits per heavy atom. The van der Waals surface area contributed by atoms with E-state index < -0.39 is 18.1 Å². The number of hydrogen-bond donors (Lipinski definition) is 4. The number of nitrogens with one attached hydrogen (secondary N) is 2. The first-order chi connectivity index (χ1) is 8.78. The van der Waals surface area contributed by atoms with Gasteiger partial charge in [0, 0.05) is 18.1 Å². The summed E-state index contributed by atoms with van der Waals surface area (Å²) in [6.45, 7) is 6.26. The van der Waals surface area contributed by atoms with Crippen molar-refractivity contribution in [3.8, 4) is 0 Å². The van der Waals surface area contributed by atoms with Gasteiger partial charge in [0.1, 0.15) is 0 Å². The van der Waals surface area contributed by atoms with Gasteiger partial charge in [-0.25, -0.2) is 9.59 Å². The predicted octanol–water partition coefficient (Wildman–Crippen LogP) is -0.0653. The van der Waals surface area contributed by atoms with Gasteiger partial charge in [0.2, 0.25) is 0 Å². The molecule has 1 saturated carbocycles. The van der Waals surface area contributed by atoms with Crippen LogP contribution in [0.3, 0.4) is 0 Å². The summed E-state index contributed by atoms with van der Waals surface area (Å²) in [5, 5.41) is 22.6. The Balaban J connectivity index is 2.33. The van der Waals surface area contributed by atoms with Gasteiger partial charge in [0.15, 0.2) is 6.10 Å². The van der Waals surface area contributed by atoms with Crippen LogP contribution in [0.1, 0.15) is 27.2 Å². The van der Waals surface area contributed by atoms with Crippen molar-refractivity contribution < 1.29 is 24.5 Å². The lowest BCUT2D eigenvalue weighted by molar-refractivity contribution is -0.146. The Morgan fingerprint density at radius 2 is 2.11 bits per heavy atom. The lowest BCUT2D eigenvalue weighted by atomic mass is 9.64. The molecule has 3 unspecified atom stereocenters. The molecule has 0 radical (unpaired) electrons. The summed E-state index contributed by atoms with van der Waals surface area (Å²) >= 11 is 0. The fourth-order valence-corrected chi connectivity index (χ4v) is 2.10. The van der Waals surface area contributed by atoms with Crippen LogP contribution in [0.5, 0.6) is 0 Å². The topological polar surface area (TPSA) is 108 Å². The summed E-state index contributed by atoms with van der Waals surface area (Å²) in [7, 11) is 0. The largest absolute Gasteiger partial charge is 0.479 e. The van der Waals surface area contributed by atoms with Crippen molar-refractivity contribution in [2.75, 3.05) is 13.2 Å². The van der Waals surface area contributed by atoms with Crippen molar-refractivity contribution in [1.82, 2.24) is 10.6 Å². The van der Waals surface area contributed by atoms with Crippen molar-refractivity contribution in [1.29, 1.82) is 0 Å². The van der Waals surface area contributed by atoms with Crippen LogP contribution >= 0.6 is 0 Å². The van der Waals surface area contributed by atoms with E-state index in [2.05, 4.69) is 10.6 Å². The zero-order chi connectivity index (χ0) is 14.6. The summed E-state index contributed by atoms with van der Waals surface area (Å²) in [5.74, 6) is -1.36. The van der Waals surface area contributed by atoms with Crippen LogP contribution in [0.2, 0.25) is 0 Å². The predicted molar refractivity (Wildman–Crippen MR) is 67.8 cm³/mol. The fourth-order valence-electron chi connectivity index (χ4n) is 2.10. The van der Waals surface area contributed by atoms with Gasteiger partial charge in [-0.2, -0.15) is 0 Å². The number of aliphatic hydroxyl groups excluding tert-OH is 1. The molecule has 7 heteroatoms. The molecule has 0 heterocycles. The molecule has 110 valence electrons. The van der Waals surface area contributed by atoms with Crippen molar-refractivity contribution in [2.24, 2.45) is 5.41 Å². The Morgan fingerprint density at radius 1 is 1.47 bits per heavy atom. The number of rotatable bonds is 6. The molecular weight excluding hydrogens is 252 g/mol. The summed E-state index contributed by atoms with van der Waals surface area (Å²) in [6.07, 6.45) is -0.737. The molecule has 0 bridgehead atoms. The second-order valence-electron chi connectivity index (χ2n) is 5.26. The third-order valence-electron chi connectivity index (χ3n) is 3.59.